The van der Waals surface area contributed by atoms with Crippen LogP contribution in [-0.2, 0) is 4.74 Å². The predicted octanol–water partition coefficient (Wildman–Crippen LogP) is 5.34. The average Bonchev–Trinajstić information content (AvgIpc) is 2.95. The van der Waals surface area contributed by atoms with Crippen molar-refractivity contribution >= 4 is 28.8 Å². The molecule has 0 amide bonds. The van der Waals surface area contributed by atoms with Crippen LogP contribution in [0.25, 0.3) is 0 Å². The van der Waals surface area contributed by atoms with Crippen LogP contribution in [0.2, 0.25) is 0 Å². The van der Waals surface area contributed by atoms with E-state index in [1.54, 1.807) is 11.8 Å². The first-order valence-corrected chi connectivity index (χ1v) is 9.81. The van der Waals surface area contributed by atoms with Gasteiger partial charge in [-0.2, -0.15) is 0 Å². The number of nitrogens with zero attached hydrogens (tertiary/aromatic N) is 1. The highest BCUT2D eigenvalue weighted by atomic mass is 32.2. The van der Waals surface area contributed by atoms with Crippen LogP contribution in [0.1, 0.15) is 24.2 Å². The second-order valence-electron chi connectivity index (χ2n) is 5.59. The lowest BCUT2D eigenvalue weighted by atomic mass is 10.0. The Hall–Kier alpha value is -1.39. The second-order valence-corrected chi connectivity index (χ2v) is 7.81. The Kier molecular flexibility index (Phi) is 5.68. The molecular formula is C19H21NOS2. The summed E-state index contributed by atoms with van der Waals surface area (Å²) < 4.78 is 6.03. The summed E-state index contributed by atoms with van der Waals surface area (Å²) >= 11 is 3.59. The molecule has 1 heterocycles. The molecule has 0 saturated heterocycles. The van der Waals surface area contributed by atoms with E-state index in [1.165, 1.54) is 16.0 Å². The van der Waals surface area contributed by atoms with E-state index in [0.717, 1.165) is 16.7 Å². The first-order chi connectivity index (χ1) is 11.2. The zero-order valence-corrected chi connectivity index (χ0v) is 15.1. The fraction of sp³-hybridized carbons (Fsp3) is 0.316. The number of aryl methyl sites for hydroxylation is 1. The number of thioether (sulfide) groups is 2. The van der Waals surface area contributed by atoms with Crippen LogP contribution in [-0.4, -0.2) is 22.8 Å². The lowest BCUT2D eigenvalue weighted by Gasteiger charge is -2.14. The van der Waals surface area contributed by atoms with Crippen molar-refractivity contribution < 1.29 is 4.74 Å². The van der Waals surface area contributed by atoms with Gasteiger partial charge >= 0.3 is 0 Å². The average molecular weight is 344 g/mol. The first kappa shape index (κ1) is 16.5. The minimum atomic E-state index is 0.0588. The maximum atomic E-state index is 6.03. The van der Waals surface area contributed by atoms with Gasteiger partial charge in [0.1, 0.15) is 6.10 Å². The zero-order chi connectivity index (χ0) is 16.1. The molecule has 2 aromatic carbocycles. The Balaban J connectivity index is 1.44. The smallest absolute Gasteiger partial charge is 0.246 e. The van der Waals surface area contributed by atoms with E-state index in [9.17, 15) is 0 Å². The van der Waals surface area contributed by atoms with E-state index in [0.29, 0.717) is 0 Å². The Labute approximate surface area is 146 Å². The lowest BCUT2D eigenvalue weighted by Crippen LogP contribution is -2.10. The Morgan fingerprint density at radius 3 is 2.39 bits per heavy atom. The molecule has 0 spiro atoms. The maximum Gasteiger partial charge on any atom is 0.246 e. The summed E-state index contributed by atoms with van der Waals surface area (Å²) in [6.07, 6.45) is 0.0588. The molecule has 2 aromatic rings. The van der Waals surface area contributed by atoms with Gasteiger partial charge in [0.2, 0.25) is 5.23 Å². The van der Waals surface area contributed by atoms with Gasteiger partial charge < -0.3 is 4.74 Å². The Morgan fingerprint density at radius 2 is 1.65 bits per heavy atom. The number of ether oxygens (including phenoxy) is 1. The van der Waals surface area contributed by atoms with Gasteiger partial charge in [0.25, 0.3) is 0 Å². The van der Waals surface area contributed by atoms with Gasteiger partial charge in [0.15, 0.2) is 0 Å². The van der Waals surface area contributed by atoms with Crippen molar-refractivity contribution in [2.24, 2.45) is 4.99 Å². The van der Waals surface area contributed by atoms with Crippen molar-refractivity contribution in [2.75, 3.05) is 11.5 Å². The molecule has 0 saturated carbocycles. The second kappa shape index (κ2) is 7.93. The van der Waals surface area contributed by atoms with Gasteiger partial charge in [0, 0.05) is 16.4 Å². The van der Waals surface area contributed by atoms with Crippen molar-refractivity contribution in [1.29, 1.82) is 0 Å². The largest absolute Gasteiger partial charge is 0.463 e. The lowest BCUT2D eigenvalue weighted by molar-refractivity contribution is 0.207. The van der Waals surface area contributed by atoms with Gasteiger partial charge in [0.05, 0.1) is 6.04 Å². The molecule has 120 valence electrons. The molecule has 0 N–H and O–H groups in total. The third-order valence-electron chi connectivity index (χ3n) is 3.70. The van der Waals surface area contributed by atoms with Gasteiger partial charge in [-0.15, -0.1) is 11.8 Å². The highest BCUT2D eigenvalue weighted by molar-refractivity contribution is 8.14. The van der Waals surface area contributed by atoms with Gasteiger partial charge in [-0.3, -0.25) is 0 Å². The van der Waals surface area contributed by atoms with Crippen molar-refractivity contribution in [3.05, 3.63) is 65.7 Å². The molecule has 1 aliphatic heterocycles. The Morgan fingerprint density at radius 1 is 0.957 bits per heavy atom. The third-order valence-corrected chi connectivity index (χ3v) is 5.83. The zero-order valence-electron chi connectivity index (χ0n) is 13.4. The maximum absolute atomic E-state index is 6.03. The molecule has 0 radical (unpaired) electrons. The molecule has 2 nitrogen and oxygen atoms in total. The highest BCUT2D eigenvalue weighted by Crippen LogP contribution is 2.32. The molecule has 2 unspecified atom stereocenters. The summed E-state index contributed by atoms with van der Waals surface area (Å²) in [5, 5.41) is 0.829. The first-order valence-electron chi connectivity index (χ1n) is 7.84. The minimum absolute atomic E-state index is 0.0588. The number of hydrogen-bond donors (Lipinski definition) is 0. The van der Waals surface area contributed by atoms with Crippen LogP contribution in [0.4, 0.5) is 0 Å². The van der Waals surface area contributed by atoms with E-state index in [1.807, 2.05) is 17.8 Å². The summed E-state index contributed by atoms with van der Waals surface area (Å²) in [5.74, 6) is 2.06. The number of benzene rings is 2. The number of rotatable bonds is 5. The number of aliphatic imine (C=N–C) groups is 1. The van der Waals surface area contributed by atoms with Gasteiger partial charge in [-0.05, 0) is 31.5 Å². The fourth-order valence-corrected chi connectivity index (χ4v) is 4.27. The molecule has 3 rings (SSSR count). The van der Waals surface area contributed by atoms with Crippen molar-refractivity contribution in [3.8, 4) is 0 Å². The summed E-state index contributed by atoms with van der Waals surface area (Å²) in [6.45, 7) is 4.23. The Bertz CT molecular complexity index is 655. The monoisotopic (exact) mass is 343 g/mol. The van der Waals surface area contributed by atoms with Crippen LogP contribution in [0.15, 0.2) is 64.5 Å². The number of hydrogen-bond acceptors (Lipinski definition) is 4. The van der Waals surface area contributed by atoms with Crippen molar-refractivity contribution in [2.45, 2.75) is 30.9 Å². The van der Waals surface area contributed by atoms with Crippen molar-refractivity contribution in [1.82, 2.24) is 0 Å². The van der Waals surface area contributed by atoms with Crippen LogP contribution < -0.4 is 0 Å². The van der Waals surface area contributed by atoms with E-state index in [4.69, 9.17) is 4.74 Å². The molecule has 0 fully saturated rings. The quantitative estimate of drug-likeness (QED) is 0.540. The summed E-state index contributed by atoms with van der Waals surface area (Å²) in [7, 11) is 0. The molecule has 23 heavy (non-hydrogen) atoms. The fourth-order valence-electron chi connectivity index (χ4n) is 2.46. The molecule has 0 aliphatic carbocycles. The molecular weight excluding hydrogens is 322 g/mol. The van der Waals surface area contributed by atoms with E-state index in [2.05, 4.69) is 67.4 Å². The SMILES string of the molecule is Cc1ccc(SCCSC2=NC(C)C(c3ccccc3)O2)cc1. The third kappa shape index (κ3) is 4.55. The van der Waals surface area contributed by atoms with E-state index in [-0.39, 0.29) is 12.1 Å². The molecule has 1 aliphatic rings. The van der Waals surface area contributed by atoms with Crippen molar-refractivity contribution in [3.63, 3.8) is 0 Å². The normalized spacial score (nSPS) is 20.2. The van der Waals surface area contributed by atoms with Gasteiger partial charge in [-0.1, -0.05) is 59.8 Å². The molecule has 4 heteroatoms. The predicted molar refractivity (Wildman–Crippen MR) is 102 cm³/mol. The summed E-state index contributed by atoms with van der Waals surface area (Å²) in [6, 6.07) is 19.2. The summed E-state index contributed by atoms with van der Waals surface area (Å²) in [5.41, 5.74) is 2.51. The molecule has 0 bridgehead atoms. The van der Waals surface area contributed by atoms with Crippen LogP contribution >= 0.6 is 23.5 Å². The molecule has 2 atom stereocenters. The van der Waals surface area contributed by atoms with Crippen LogP contribution in [0.3, 0.4) is 0 Å². The standard InChI is InChI=1S/C19H21NOS2/c1-14-8-10-17(11-9-14)22-12-13-23-19-20-15(2)18(21-19)16-6-4-3-5-7-16/h3-11,15,18H,12-13H2,1-2H3. The summed E-state index contributed by atoms with van der Waals surface area (Å²) in [4.78, 5) is 5.97. The highest BCUT2D eigenvalue weighted by Gasteiger charge is 2.28. The van der Waals surface area contributed by atoms with Gasteiger partial charge in [-0.25, -0.2) is 4.99 Å². The van der Waals surface area contributed by atoms with E-state index >= 15 is 0 Å². The topological polar surface area (TPSA) is 21.6 Å². The van der Waals surface area contributed by atoms with Crippen LogP contribution in [0.5, 0.6) is 0 Å². The minimum Gasteiger partial charge on any atom is -0.463 e. The molecule has 0 aromatic heterocycles. The van der Waals surface area contributed by atoms with E-state index < -0.39 is 0 Å². The van der Waals surface area contributed by atoms with Crippen LogP contribution in [0, 0.1) is 6.92 Å².